The van der Waals surface area contributed by atoms with Gasteiger partial charge in [0.15, 0.2) is 11.4 Å². The number of rotatable bonds is 4. The number of para-hydroxylation sites is 1. The van der Waals surface area contributed by atoms with Crippen molar-refractivity contribution in [2.24, 2.45) is 0 Å². The molecule has 1 heterocycles. The molecule has 3 aromatic rings. The molecule has 1 aromatic heterocycles. The molecule has 7 heteroatoms. The third-order valence-electron chi connectivity index (χ3n) is 3.59. The minimum Gasteiger partial charge on any atom is -0.497 e. The van der Waals surface area contributed by atoms with Crippen LogP contribution in [-0.2, 0) is 0 Å². The van der Waals surface area contributed by atoms with Gasteiger partial charge in [-0.05, 0) is 36.4 Å². The summed E-state index contributed by atoms with van der Waals surface area (Å²) >= 11 is 0. The average Bonchev–Trinajstić information content (AvgIpc) is 2.63. The van der Waals surface area contributed by atoms with Crippen molar-refractivity contribution in [1.29, 1.82) is 5.26 Å². The van der Waals surface area contributed by atoms with E-state index >= 15 is 0 Å². The second-order valence-corrected chi connectivity index (χ2v) is 5.14. The number of hydrogen-bond acceptors (Lipinski definition) is 6. The van der Waals surface area contributed by atoms with E-state index in [2.05, 4.69) is 10.3 Å². The Morgan fingerprint density at radius 2 is 1.84 bits per heavy atom. The van der Waals surface area contributed by atoms with E-state index in [-0.39, 0.29) is 17.3 Å². The Morgan fingerprint density at radius 1 is 1.16 bits per heavy atom. The number of nitrogen functional groups attached to an aromatic ring is 1. The second kappa shape index (κ2) is 6.76. The van der Waals surface area contributed by atoms with Crippen molar-refractivity contribution in [3.63, 3.8) is 0 Å². The number of anilines is 3. The maximum Gasteiger partial charge on any atom is 0.279 e. The summed E-state index contributed by atoms with van der Waals surface area (Å²) in [6.07, 6.45) is 0. The lowest BCUT2D eigenvalue weighted by Gasteiger charge is -2.13. The number of nitriles is 1. The predicted molar refractivity (Wildman–Crippen MR) is 95.2 cm³/mol. The van der Waals surface area contributed by atoms with Gasteiger partial charge in [0.2, 0.25) is 5.95 Å². The van der Waals surface area contributed by atoms with Crippen LogP contribution in [0.3, 0.4) is 0 Å². The number of nitrogens with zero attached hydrogens (tertiary/aromatic N) is 3. The van der Waals surface area contributed by atoms with E-state index < -0.39 is 5.56 Å². The van der Waals surface area contributed by atoms with E-state index in [1.165, 1.54) is 4.57 Å². The van der Waals surface area contributed by atoms with Gasteiger partial charge < -0.3 is 15.8 Å². The molecule has 0 saturated carbocycles. The van der Waals surface area contributed by atoms with Gasteiger partial charge in [0.1, 0.15) is 11.8 Å². The van der Waals surface area contributed by atoms with Gasteiger partial charge in [-0.1, -0.05) is 18.2 Å². The molecule has 0 spiro atoms. The lowest BCUT2D eigenvalue weighted by atomic mass is 10.2. The number of ether oxygens (including phenoxy) is 1. The Morgan fingerprint density at radius 3 is 2.44 bits per heavy atom. The average molecular weight is 333 g/mol. The Balaban J connectivity index is 2.10. The number of nitrogens with two attached hydrogens (primary N) is 1. The zero-order valence-corrected chi connectivity index (χ0v) is 13.4. The SMILES string of the molecule is COc1ccc(-n2c(N)nc(Nc3ccccc3)c(C#N)c2=O)cc1. The Labute approximate surface area is 143 Å². The first-order valence-corrected chi connectivity index (χ1v) is 7.43. The quantitative estimate of drug-likeness (QED) is 0.759. The number of aromatic nitrogens is 2. The van der Waals surface area contributed by atoms with Crippen LogP contribution in [0, 0.1) is 11.3 Å². The minimum atomic E-state index is -0.543. The zero-order valence-electron chi connectivity index (χ0n) is 13.4. The standard InChI is InChI=1S/C18H15N5O2/c1-25-14-9-7-13(8-10-14)23-17(24)15(11-19)16(22-18(23)20)21-12-5-3-2-4-6-12/h2-10,21H,1H3,(H2,20,22). The van der Waals surface area contributed by atoms with E-state index in [1.54, 1.807) is 43.5 Å². The fourth-order valence-corrected chi connectivity index (χ4v) is 2.37. The van der Waals surface area contributed by atoms with Crippen LogP contribution >= 0.6 is 0 Å². The van der Waals surface area contributed by atoms with Crippen molar-refractivity contribution < 1.29 is 4.74 Å². The van der Waals surface area contributed by atoms with Crippen LogP contribution in [0.5, 0.6) is 5.75 Å². The Bertz CT molecular complexity index is 989. The summed E-state index contributed by atoms with van der Waals surface area (Å²) in [6.45, 7) is 0. The molecule has 0 aliphatic carbocycles. The lowest BCUT2D eigenvalue weighted by Crippen LogP contribution is -2.26. The minimum absolute atomic E-state index is 0.0207. The molecular weight excluding hydrogens is 318 g/mol. The third-order valence-corrected chi connectivity index (χ3v) is 3.59. The first-order valence-electron chi connectivity index (χ1n) is 7.43. The summed E-state index contributed by atoms with van der Waals surface area (Å²) in [7, 11) is 1.55. The monoisotopic (exact) mass is 333 g/mol. The van der Waals surface area contributed by atoms with E-state index in [9.17, 15) is 10.1 Å². The number of nitrogens with one attached hydrogen (secondary N) is 1. The molecule has 0 saturated heterocycles. The highest BCUT2D eigenvalue weighted by atomic mass is 16.5. The van der Waals surface area contributed by atoms with E-state index in [0.717, 1.165) is 0 Å². The highest BCUT2D eigenvalue weighted by Crippen LogP contribution is 2.20. The summed E-state index contributed by atoms with van der Waals surface area (Å²) in [5.41, 5.74) is 6.51. The highest BCUT2D eigenvalue weighted by molar-refractivity contribution is 5.64. The molecule has 3 N–H and O–H groups in total. The van der Waals surface area contributed by atoms with Crippen molar-refractivity contribution in [2.45, 2.75) is 0 Å². The number of hydrogen-bond donors (Lipinski definition) is 2. The molecular formula is C18H15N5O2. The van der Waals surface area contributed by atoms with Crippen LogP contribution in [0.4, 0.5) is 17.5 Å². The Hall–Kier alpha value is -3.79. The third kappa shape index (κ3) is 3.14. The van der Waals surface area contributed by atoms with Gasteiger partial charge in [-0.25, -0.2) is 4.57 Å². The maximum atomic E-state index is 12.7. The van der Waals surface area contributed by atoms with Crippen molar-refractivity contribution >= 4 is 17.5 Å². The van der Waals surface area contributed by atoms with Crippen LogP contribution in [0.25, 0.3) is 5.69 Å². The van der Waals surface area contributed by atoms with Crippen LogP contribution in [-0.4, -0.2) is 16.7 Å². The molecule has 0 bridgehead atoms. The molecule has 0 aliphatic rings. The molecule has 0 atom stereocenters. The van der Waals surface area contributed by atoms with Gasteiger partial charge in [0, 0.05) is 5.69 Å². The van der Waals surface area contributed by atoms with E-state index in [4.69, 9.17) is 10.5 Å². The van der Waals surface area contributed by atoms with Gasteiger partial charge >= 0.3 is 0 Å². The van der Waals surface area contributed by atoms with Crippen LogP contribution in [0.15, 0.2) is 59.4 Å². The molecule has 3 rings (SSSR count). The molecule has 0 radical (unpaired) electrons. The van der Waals surface area contributed by atoms with Crippen molar-refractivity contribution in [3.8, 4) is 17.5 Å². The normalized spacial score (nSPS) is 10.1. The van der Waals surface area contributed by atoms with Gasteiger partial charge in [0.05, 0.1) is 12.8 Å². The van der Waals surface area contributed by atoms with Crippen molar-refractivity contribution in [3.05, 3.63) is 70.5 Å². The highest BCUT2D eigenvalue weighted by Gasteiger charge is 2.16. The fraction of sp³-hybridized carbons (Fsp3) is 0.0556. The van der Waals surface area contributed by atoms with Crippen molar-refractivity contribution in [1.82, 2.24) is 9.55 Å². The van der Waals surface area contributed by atoms with Crippen molar-refractivity contribution in [2.75, 3.05) is 18.2 Å². The van der Waals surface area contributed by atoms with Gasteiger partial charge in [0.25, 0.3) is 5.56 Å². The number of methoxy groups -OCH3 is 1. The largest absolute Gasteiger partial charge is 0.497 e. The van der Waals surface area contributed by atoms with E-state index in [0.29, 0.717) is 17.1 Å². The topological polar surface area (TPSA) is 106 Å². The fourth-order valence-electron chi connectivity index (χ4n) is 2.37. The summed E-state index contributed by atoms with van der Waals surface area (Å²) < 4.78 is 6.29. The molecule has 124 valence electrons. The molecule has 2 aromatic carbocycles. The maximum absolute atomic E-state index is 12.7. The number of benzene rings is 2. The molecule has 0 aliphatic heterocycles. The van der Waals surface area contributed by atoms with Crippen LogP contribution in [0.1, 0.15) is 5.56 Å². The molecule has 0 fully saturated rings. The summed E-state index contributed by atoms with van der Waals surface area (Å²) in [4.78, 5) is 16.9. The summed E-state index contributed by atoms with van der Waals surface area (Å²) in [5.74, 6) is 0.750. The summed E-state index contributed by atoms with van der Waals surface area (Å²) in [6, 6.07) is 17.8. The molecule has 0 amide bonds. The van der Waals surface area contributed by atoms with Crippen LogP contribution in [0.2, 0.25) is 0 Å². The summed E-state index contributed by atoms with van der Waals surface area (Å²) in [5, 5.41) is 12.4. The van der Waals surface area contributed by atoms with E-state index in [1.807, 2.05) is 24.3 Å². The molecule has 25 heavy (non-hydrogen) atoms. The molecule has 0 unspecified atom stereocenters. The van der Waals surface area contributed by atoms with Crippen LogP contribution < -0.4 is 21.3 Å². The predicted octanol–water partition coefficient (Wildman–Crippen LogP) is 2.44. The van der Waals surface area contributed by atoms with Gasteiger partial charge in [-0.2, -0.15) is 10.2 Å². The second-order valence-electron chi connectivity index (χ2n) is 5.14. The zero-order chi connectivity index (χ0) is 17.8. The molecule has 7 nitrogen and oxygen atoms in total. The van der Waals surface area contributed by atoms with Gasteiger partial charge in [-0.3, -0.25) is 4.79 Å². The first-order chi connectivity index (χ1) is 12.1. The van der Waals surface area contributed by atoms with Gasteiger partial charge in [-0.15, -0.1) is 0 Å². The smallest absolute Gasteiger partial charge is 0.279 e. The first kappa shape index (κ1) is 16.1. The lowest BCUT2D eigenvalue weighted by molar-refractivity contribution is 0.414. The Kier molecular flexibility index (Phi) is 4.35.